The van der Waals surface area contributed by atoms with E-state index in [9.17, 15) is 4.79 Å². The molecule has 0 atom stereocenters. The normalized spacial score (nSPS) is 22.4. The molecule has 0 heterocycles. The van der Waals surface area contributed by atoms with Crippen molar-refractivity contribution in [3.8, 4) is 0 Å². The molecule has 0 bridgehead atoms. The summed E-state index contributed by atoms with van der Waals surface area (Å²) in [5.41, 5.74) is 0. The molecular weight excluding hydrogens is 178 g/mol. The van der Waals surface area contributed by atoms with E-state index in [0.717, 1.165) is 12.8 Å². The molecule has 3 nitrogen and oxygen atoms in total. The first kappa shape index (κ1) is 10.1. The van der Waals surface area contributed by atoms with Crippen molar-refractivity contribution in [2.75, 3.05) is 19.7 Å². The van der Waals surface area contributed by atoms with Gasteiger partial charge in [-0.3, -0.25) is 9.69 Å². The van der Waals surface area contributed by atoms with Crippen molar-refractivity contribution in [2.24, 2.45) is 5.92 Å². The molecule has 0 saturated heterocycles. The predicted molar refractivity (Wildman–Crippen MR) is 54.0 cm³/mol. The van der Waals surface area contributed by atoms with Crippen LogP contribution in [-0.2, 0) is 4.79 Å². The van der Waals surface area contributed by atoms with Crippen molar-refractivity contribution in [3.63, 3.8) is 0 Å². The van der Waals surface area contributed by atoms with Gasteiger partial charge in [0.05, 0.1) is 13.2 Å². The van der Waals surface area contributed by atoms with Gasteiger partial charge in [-0.1, -0.05) is 6.42 Å². The van der Waals surface area contributed by atoms with E-state index in [4.69, 9.17) is 5.11 Å². The van der Waals surface area contributed by atoms with E-state index < -0.39 is 0 Å². The maximum Gasteiger partial charge on any atom is 0.149 e. The van der Waals surface area contributed by atoms with E-state index >= 15 is 0 Å². The van der Waals surface area contributed by atoms with Gasteiger partial charge in [-0.2, -0.15) is 0 Å². The molecule has 2 saturated carbocycles. The van der Waals surface area contributed by atoms with Gasteiger partial charge in [-0.05, 0) is 25.7 Å². The summed E-state index contributed by atoms with van der Waals surface area (Å²) in [7, 11) is 0. The Morgan fingerprint density at radius 2 is 2.00 bits per heavy atom. The van der Waals surface area contributed by atoms with Gasteiger partial charge < -0.3 is 5.11 Å². The smallest absolute Gasteiger partial charge is 0.149 e. The molecule has 80 valence electrons. The zero-order valence-electron chi connectivity index (χ0n) is 8.61. The van der Waals surface area contributed by atoms with Gasteiger partial charge in [0.15, 0.2) is 0 Å². The van der Waals surface area contributed by atoms with Crippen LogP contribution in [0.15, 0.2) is 0 Å². The average molecular weight is 197 g/mol. The maximum atomic E-state index is 11.6. The highest BCUT2D eigenvalue weighted by Crippen LogP contribution is 2.31. The number of hydrogen-bond donors (Lipinski definition) is 1. The lowest BCUT2D eigenvalue weighted by Gasteiger charge is -2.36. The van der Waals surface area contributed by atoms with Crippen molar-refractivity contribution in [1.29, 1.82) is 0 Å². The molecule has 0 aromatic heterocycles. The van der Waals surface area contributed by atoms with Gasteiger partial charge in [0, 0.05) is 18.5 Å². The first-order chi connectivity index (χ1) is 6.81. The summed E-state index contributed by atoms with van der Waals surface area (Å²) in [6, 6.07) is 0.574. The van der Waals surface area contributed by atoms with E-state index in [2.05, 4.69) is 4.90 Å². The van der Waals surface area contributed by atoms with Crippen LogP contribution in [0.1, 0.15) is 32.1 Å². The SMILES string of the molecule is O=C(CN(CCO)C1CCC1)C1CC1. The van der Waals surface area contributed by atoms with Crippen molar-refractivity contribution in [3.05, 3.63) is 0 Å². The molecule has 0 unspecified atom stereocenters. The standard InChI is InChI=1S/C11H19NO2/c13-7-6-12(10-2-1-3-10)8-11(14)9-4-5-9/h9-10,13H,1-8H2. The number of Topliss-reactive ketones (excluding diaryl/α,β-unsaturated/α-hetero) is 1. The van der Waals surface area contributed by atoms with E-state index in [1.807, 2.05) is 0 Å². The number of carbonyl (C=O) groups excluding carboxylic acids is 1. The summed E-state index contributed by atoms with van der Waals surface area (Å²) in [5.74, 6) is 0.751. The second-order valence-corrected chi connectivity index (χ2v) is 4.52. The molecule has 0 radical (unpaired) electrons. The van der Waals surface area contributed by atoms with Gasteiger partial charge in [0.2, 0.25) is 0 Å². The fourth-order valence-corrected chi connectivity index (χ4v) is 2.01. The first-order valence-corrected chi connectivity index (χ1v) is 5.69. The molecule has 0 amide bonds. The number of ketones is 1. The largest absolute Gasteiger partial charge is 0.395 e. The molecule has 2 aliphatic rings. The van der Waals surface area contributed by atoms with Gasteiger partial charge in [-0.25, -0.2) is 0 Å². The number of aliphatic hydroxyl groups excluding tert-OH is 1. The lowest BCUT2D eigenvalue weighted by atomic mass is 9.91. The Kier molecular flexibility index (Phi) is 3.19. The number of nitrogens with zero attached hydrogens (tertiary/aromatic N) is 1. The number of hydrogen-bond acceptors (Lipinski definition) is 3. The van der Waals surface area contributed by atoms with Crippen LogP contribution >= 0.6 is 0 Å². The molecule has 2 rings (SSSR count). The van der Waals surface area contributed by atoms with Crippen molar-refractivity contribution in [1.82, 2.24) is 4.90 Å². The summed E-state index contributed by atoms with van der Waals surface area (Å²) in [5, 5.41) is 8.92. The second kappa shape index (κ2) is 4.41. The molecule has 0 spiro atoms. The lowest BCUT2D eigenvalue weighted by Crippen LogP contribution is -2.44. The van der Waals surface area contributed by atoms with Crippen LogP contribution < -0.4 is 0 Å². The number of carbonyl (C=O) groups is 1. The Labute approximate surface area is 85.1 Å². The van der Waals surface area contributed by atoms with E-state index in [-0.39, 0.29) is 6.61 Å². The summed E-state index contributed by atoms with van der Waals surface area (Å²) >= 11 is 0. The maximum absolute atomic E-state index is 11.6. The van der Waals surface area contributed by atoms with Crippen LogP contribution in [0.2, 0.25) is 0 Å². The molecule has 2 fully saturated rings. The summed E-state index contributed by atoms with van der Waals surface area (Å²) in [6.45, 7) is 1.42. The van der Waals surface area contributed by atoms with E-state index in [1.165, 1.54) is 19.3 Å². The van der Waals surface area contributed by atoms with E-state index in [0.29, 0.717) is 30.8 Å². The molecule has 2 aliphatic carbocycles. The van der Waals surface area contributed by atoms with Crippen LogP contribution in [0.3, 0.4) is 0 Å². The zero-order chi connectivity index (χ0) is 9.97. The average Bonchev–Trinajstić information content (AvgIpc) is 2.82. The molecule has 3 heteroatoms. The molecule has 0 aliphatic heterocycles. The molecular formula is C11H19NO2. The van der Waals surface area contributed by atoms with Crippen LogP contribution in [0.5, 0.6) is 0 Å². The summed E-state index contributed by atoms with van der Waals surface area (Å²) in [4.78, 5) is 13.8. The fraction of sp³-hybridized carbons (Fsp3) is 0.909. The van der Waals surface area contributed by atoms with Crippen molar-refractivity contribution in [2.45, 2.75) is 38.1 Å². The number of aliphatic hydroxyl groups is 1. The Bertz CT molecular complexity index is 209. The molecule has 0 aromatic rings. The highest BCUT2D eigenvalue weighted by molar-refractivity contribution is 5.85. The van der Waals surface area contributed by atoms with Crippen molar-refractivity contribution >= 4 is 5.78 Å². The minimum atomic E-state index is 0.175. The minimum Gasteiger partial charge on any atom is -0.395 e. The third kappa shape index (κ3) is 2.34. The highest BCUT2D eigenvalue weighted by atomic mass is 16.3. The summed E-state index contributed by atoms with van der Waals surface area (Å²) < 4.78 is 0. The minimum absolute atomic E-state index is 0.175. The molecule has 14 heavy (non-hydrogen) atoms. The third-order valence-electron chi connectivity index (χ3n) is 3.37. The van der Waals surface area contributed by atoms with Gasteiger partial charge in [-0.15, -0.1) is 0 Å². The van der Waals surface area contributed by atoms with Gasteiger partial charge >= 0.3 is 0 Å². The fourth-order valence-electron chi connectivity index (χ4n) is 2.01. The van der Waals surface area contributed by atoms with Crippen LogP contribution in [0.4, 0.5) is 0 Å². The lowest BCUT2D eigenvalue weighted by molar-refractivity contribution is -0.122. The van der Waals surface area contributed by atoms with E-state index in [1.54, 1.807) is 0 Å². The quantitative estimate of drug-likeness (QED) is 0.685. The zero-order valence-corrected chi connectivity index (χ0v) is 8.61. The Hall–Kier alpha value is -0.410. The van der Waals surface area contributed by atoms with Crippen LogP contribution in [0, 0.1) is 5.92 Å². The highest BCUT2D eigenvalue weighted by Gasteiger charge is 2.33. The molecule has 0 aromatic carbocycles. The van der Waals surface area contributed by atoms with Crippen LogP contribution in [-0.4, -0.2) is 41.5 Å². The Balaban J connectivity index is 1.79. The second-order valence-electron chi connectivity index (χ2n) is 4.52. The predicted octanol–water partition coefficient (Wildman–Crippen LogP) is 0.812. The summed E-state index contributed by atoms with van der Waals surface area (Å²) in [6.07, 6.45) is 5.88. The monoisotopic (exact) mass is 197 g/mol. The van der Waals surface area contributed by atoms with Crippen LogP contribution in [0.25, 0.3) is 0 Å². The first-order valence-electron chi connectivity index (χ1n) is 5.69. The topological polar surface area (TPSA) is 40.5 Å². The molecule has 1 N–H and O–H groups in total. The third-order valence-corrected chi connectivity index (χ3v) is 3.37. The van der Waals surface area contributed by atoms with Gasteiger partial charge in [0.1, 0.15) is 5.78 Å². The number of rotatable bonds is 6. The Morgan fingerprint density at radius 3 is 2.43 bits per heavy atom. The van der Waals surface area contributed by atoms with Gasteiger partial charge in [0.25, 0.3) is 0 Å². The van der Waals surface area contributed by atoms with Crippen molar-refractivity contribution < 1.29 is 9.90 Å². The Morgan fingerprint density at radius 1 is 1.29 bits per heavy atom.